The first-order valence-corrected chi connectivity index (χ1v) is 8.39. The minimum atomic E-state index is 0.662. The van der Waals surface area contributed by atoms with Gasteiger partial charge in [0.05, 0.1) is 28.6 Å². The van der Waals surface area contributed by atoms with Crippen LogP contribution in [0.15, 0.2) is 36.4 Å². The van der Waals surface area contributed by atoms with Gasteiger partial charge in [-0.3, -0.25) is 0 Å². The Morgan fingerprint density at radius 1 is 1.00 bits per heavy atom. The van der Waals surface area contributed by atoms with E-state index in [0.29, 0.717) is 6.54 Å². The molecule has 0 unspecified atom stereocenters. The number of para-hydroxylation sites is 1. The zero-order valence-corrected chi connectivity index (χ0v) is 14.0. The lowest BCUT2D eigenvalue weighted by molar-refractivity contribution is 0.861. The van der Waals surface area contributed by atoms with Crippen molar-refractivity contribution in [3.05, 3.63) is 53.6 Å². The number of aromatic amines is 2. The van der Waals surface area contributed by atoms with E-state index in [9.17, 15) is 0 Å². The number of nitrogens with one attached hydrogen (secondary N) is 3. The monoisotopic (exact) mass is 319 g/mol. The predicted molar refractivity (Wildman–Crippen MR) is 98.2 cm³/mol. The van der Waals surface area contributed by atoms with Crippen LogP contribution in [0, 0.1) is 6.92 Å². The normalized spacial score (nSPS) is 11.4. The molecule has 0 fully saturated rings. The third-order valence-electron chi connectivity index (χ3n) is 4.24. The summed E-state index contributed by atoms with van der Waals surface area (Å²) in [5.41, 5.74) is 6.47. The predicted octanol–water partition coefficient (Wildman–Crippen LogP) is 4.31. The summed E-state index contributed by atoms with van der Waals surface area (Å²) in [6, 6.07) is 12.4. The highest BCUT2D eigenvalue weighted by atomic mass is 15.0. The van der Waals surface area contributed by atoms with Gasteiger partial charge in [0.15, 0.2) is 0 Å². The molecule has 0 amide bonds. The minimum absolute atomic E-state index is 0.662. The number of imidazole rings is 2. The maximum Gasteiger partial charge on any atom is 0.126 e. The molecule has 0 radical (unpaired) electrons. The van der Waals surface area contributed by atoms with E-state index in [1.54, 1.807) is 0 Å². The molecule has 0 bridgehead atoms. The Bertz CT molecular complexity index is 996. The molecule has 3 N–H and O–H groups in total. The van der Waals surface area contributed by atoms with E-state index in [1.807, 2.05) is 6.07 Å². The van der Waals surface area contributed by atoms with Crippen LogP contribution >= 0.6 is 0 Å². The number of rotatable bonds is 5. The number of anilines is 1. The highest BCUT2D eigenvalue weighted by Gasteiger charge is 2.06. The first-order chi connectivity index (χ1) is 11.7. The average Bonchev–Trinajstić information content (AvgIpc) is 3.16. The summed E-state index contributed by atoms with van der Waals surface area (Å²) >= 11 is 0. The van der Waals surface area contributed by atoms with Crippen molar-refractivity contribution in [1.82, 2.24) is 19.9 Å². The molecule has 4 aromatic rings. The van der Waals surface area contributed by atoms with Crippen LogP contribution in [0.2, 0.25) is 0 Å². The molecule has 0 aliphatic heterocycles. The number of benzene rings is 2. The van der Waals surface area contributed by atoms with Crippen LogP contribution in [0.4, 0.5) is 5.69 Å². The second kappa shape index (κ2) is 6.00. The second-order valence-corrected chi connectivity index (χ2v) is 6.17. The fourth-order valence-electron chi connectivity index (χ4n) is 3.02. The quantitative estimate of drug-likeness (QED) is 0.513. The maximum atomic E-state index is 4.68. The molecule has 2 aromatic carbocycles. The van der Waals surface area contributed by atoms with Gasteiger partial charge in [-0.15, -0.1) is 0 Å². The Labute approximate surface area is 140 Å². The molecule has 5 nitrogen and oxygen atoms in total. The molecule has 2 heterocycles. The highest BCUT2D eigenvalue weighted by molar-refractivity contribution is 5.80. The molecular weight excluding hydrogens is 298 g/mol. The summed E-state index contributed by atoms with van der Waals surface area (Å²) in [5.74, 6) is 1.99. The van der Waals surface area contributed by atoms with Crippen molar-refractivity contribution >= 4 is 27.8 Å². The van der Waals surface area contributed by atoms with Crippen molar-refractivity contribution in [3.63, 3.8) is 0 Å². The van der Waals surface area contributed by atoms with Crippen LogP contribution < -0.4 is 5.32 Å². The Kier molecular flexibility index (Phi) is 3.69. The Balaban J connectivity index is 1.53. The maximum absolute atomic E-state index is 4.68. The van der Waals surface area contributed by atoms with Crippen LogP contribution in [0.1, 0.15) is 30.6 Å². The van der Waals surface area contributed by atoms with Gasteiger partial charge in [-0.1, -0.05) is 19.1 Å². The molecular formula is C19H21N5. The van der Waals surface area contributed by atoms with Crippen molar-refractivity contribution < 1.29 is 0 Å². The van der Waals surface area contributed by atoms with Gasteiger partial charge in [-0.25, -0.2) is 9.97 Å². The molecule has 4 rings (SSSR count). The molecule has 5 heteroatoms. The van der Waals surface area contributed by atoms with E-state index < -0.39 is 0 Å². The fourth-order valence-corrected chi connectivity index (χ4v) is 3.02. The van der Waals surface area contributed by atoms with Crippen molar-refractivity contribution in [2.45, 2.75) is 33.2 Å². The van der Waals surface area contributed by atoms with Crippen molar-refractivity contribution in [1.29, 1.82) is 0 Å². The first kappa shape index (κ1) is 14.8. The van der Waals surface area contributed by atoms with E-state index in [1.165, 1.54) is 5.56 Å². The number of H-pyrrole nitrogens is 2. The molecule has 0 saturated heterocycles. The molecule has 0 aliphatic carbocycles. The van der Waals surface area contributed by atoms with Gasteiger partial charge in [0.2, 0.25) is 0 Å². The van der Waals surface area contributed by atoms with Crippen LogP contribution in [0.5, 0.6) is 0 Å². The molecule has 24 heavy (non-hydrogen) atoms. The minimum Gasteiger partial charge on any atom is -0.378 e. The lowest BCUT2D eigenvalue weighted by Gasteiger charge is -2.03. The third-order valence-corrected chi connectivity index (χ3v) is 4.24. The van der Waals surface area contributed by atoms with E-state index in [2.05, 4.69) is 69.4 Å². The Morgan fingerprint density at radius 2 is 1.88 bits per heavy atom. The molecule has 0 aliphatic rings. The molecule has 122 valence electrons. The molecule has 0 saturated carbocycles. The number of hydrogen-bond donors (Lipinski definition) is 3. The van der Waals surface area contributed by atoms with Crippen molar-refractivity contribution in [2.24, 2.45) is 0 Å². The van der Waals surface area contributed by atoms with Crippen LogP contribution in [0.25, 0.3) is 22.1 Å². The largest absolute Gasteiger partial charge is 0.378 e. The van der Waals surface area contributed by atoms with E-state index in [0.717, 1.165) is 52.2 Å². The highest BCUT2D eigenvalue weighted by Crippen LogP contribution is 2.19. The third kappa shape index (κ3) is 2.73. The topological polar surface area (TPSA) is 69.4 Å². The summed E-state index contributed by atoms with van der Waals surface area (Å²) < 4.78 is 0. The molecule has 0 atom stereocenters. The van der Waals surface area contributed by atoms with E-state index >= 15 is 0 Å². The van der Waals surface area contributed by atoms with Gasteiger partial charge in [0.25, 0.3) is 0 Å². The Hall–Kier alpha value is -2.82. The number of nitrogens with zero attached hydrogens (tertiary/aromatic N) is 2. The van der Waals surface area contributed by atoms with Gasteiger partial charge in [-0.05, 0) is 43.2 Å². The fraction of sp³-hybridized carbons (Fsp3) is 0.263. The van der Waals surface area contributed by atoms with Gasteiger partial charge < -0.3 is 15.3 Å². The zero-order chi connectivity index (χ0) is 16.5. The number of aryl methyl sites for hydroxylation is 2. The first-order valence-electron chi connectivity index (χ1n) is 8.39. The summed E-state index contributed by atoms with van der Waals surface area (Å²) in [6.45, 7) is 4.91. The summed E-state index contributed by atoms with van der Waals surface area (Å²) in [6.07, 6.45) is 2.08. The van der Waals surface area contributed by atoms with E-state index in [-0.39, 0.29) is 0 Å². The standard InChI is InChI=1S/C19H21N5/c1-3-5-17-21-14-9-8-13(10-16(14)23-17)20-11-18-22-15-7-4-6-12(2)19(15)24-18/h4,6-10,20H,3,5,11H2,1-2H3,(H,21,23)(H,22,24). The van der Waals surface area contributed by atoms with Gasteiger partial charge in [0.1, 0.15) is 11.6 Å². The smallest absolute Gasteiger partial charge is 0.126 e. The van der Waals surface area contributed by atoms with Gasteiger partial charge in [0, 0.05) is 12.1 Å². The number of aromatic nitrogens is 4. The van der Waals surface area contributed by atoms with Crippen LogP contribution in [0.3, 0.4) is 0 Å². The van der Waals surface area contributed by atoms with Crippen molar-refractivity contribution in [3.8, 4) is 0 Å². The van der Waals surface area contributed by atoms with E-state index in [4.69, 9.17) is 0 Å². The van der Waals surface area contributed by atoms with Crippen LogP contribution in [-0.2, 0) is 13.0 Å². The second-order valence-electron chi connectivity index (χ2n) is 6.17. The zero-order valence-electron chi connectivity index (χ0n) is 14.0. The number of hydrogen-bond acceptors (Lipinski definition) is 3. The summed E-state index contributed by atoms with van der Waals surface area (Å²) in [7, 11) is 0. The van der Waals surface area contributed by atoms with Gasteiger partial charge >= 0.3 is 0 Å². The summed E-state index contributed by atoms with van der Waals surface area (Å²) in [5, 5.41) is 3.43. The van der Waals surface area contributed by atoms with Crippen LogP contribution in [-0.4, -0.2) is 19.9 Å². The molecule has 0 spiro atoms. The summed E-state index contributed by atoms with van der Waals surface area (Å²) in [4.78, 5) is 16.0. The number of fused-ring (bicyclic) bond motifs is 2. The Morgan fingerprint density at radius 3 is 2.71 bits per heavy atom. The lowest BCUT2D eigenvalue weighted by Crippen LogP contribution is -2.00. The lowest BCUT2D eigenvalue weighted by atomic mass is 10.2. The molecule has 2 aromatic heterocycles. The average molecular weight is 319 g/mol. The van der Waals surface area contributed by atoms with Gasteiger partial charge in [-0.2, -0.15) is 0 Å². The SMILES string of the molecule is CCCc1nc2ccc(NCc3nc4c(C)cccc4[nH]3)cc2[nH]1. The van der Waals surface area contributed by atoms with Crippen molar-refractivity contribution in [2.75, 3.05) is 5.32 Å².